The van der Waals surface area contributed by atoms with Crippen molar-refractivity contribution in [3.8, 4) is 0 Å². The molecule has 0 aromatic rings. The van der Waals surface area contributed by atoms with Gasteiger partial charge < -0.3 is 26.6 Å². The molecule has 0 aromatic carbocycles. The van der Waals surface area contributed by atoms with Gasteiger partial charge >= 0.3 is 0 Å². The van der Waals surface area contributed by atoms with Gasteiger partial charge in [0, 0.05) is 6.54 Å². The van der Waals surface area contributed by atoms with E-state index >= 15 is 0 Å². The van der Waals surface area contributed by atoms with Gasteiger partial charge in [-0.15, -0.1) is 0 Å². The fraction of sp³-hybridized carbons (Fsp3) is 0.812. The second-order valence-corrected chi connectivity index (χ2v) is 6.48. The van der Waals surface area contributed by atoms with Crippen molar-refractivity contribution in [3.05, 3.63) is 0 Å². The van der Waals surface area contributed by atoms with Gasteiger partial charge in [0.2, 0.25) is 11.8 Å². The first-order valence-electron chi connectivity index (χ1n) is 8.45. The Morgan fingerprint density at radius 2 is 1.67 bits per heavy atom. The monoisotopic (exact) mass is 343 g/mol. The third-order valence-corrected chi connectivity index (χ3v) is 4.47. The largest absolute Gasteiger partial charge is 0.391 e. The third kappa shape index (κ3) is 5.85. The Morgan fingerprint density at radius 1 is 1.08 bits per heavy atom. The number of hydrogen-bond acceptors (Lipinski definition) is 6. The highest BCUT2D eigenvalue weighted by molar-refractivity contribution is 5.93. The van der Waals surface area contributed by atoms with Gasteiger partial charge in [-0.05, 0) is 32.6 Å². The Morgan fingerprint density at radius 3 is 2.12 bits per heavy atom. The van der Waals surface area contributed by atoms with E-state index in [-0.39, 0.29) is 18.2 Å². The number of ketones is 1. The van der Waals surface area contributed by atoms with Gasteiger partial charge in [-0.1, -0.05) is 19.3 Å². The van der Waals surface area contributed by atoms with E-state index in [0.717, 1.165) is 32.1 Å². The summed E-state index contributed by atoms with van der Waals surface area (Å²) in [6.07, 6.45) is 2.16. The summed E-state index contributed by atoms with van der Waals surface area (Å²) in [6, 6.07) is -2.14. The van der Waals surface area contributed by atoms with E-state index in [2.05, 4.69) is 10.6 Å². The zero-order chi connectivity index (χ0) is 18.3. The molecule has 1 saturated carbocycles. The SMILES string of the molecule is CC(=O)[C@H](CN)NC(=O)C(NC(=O)C(O)C1CCCCC1)C(C)O. The van der Waals surface area contributed by atoms with E-state index in [4.69, 9.17) is 5.73 Å². The lowest BCUT2D eigenvalue weighted by Gasteiger charge is -2.28. The zero-order valence-electron chi connectivity index (χ0n) is 14.3. The molecule has 1 aliphatic carbocycles. The Hall–Kier alpha value is -1.51. The minimum Gasteiger partial charge on any atom is -0.391 e. The van der Waals surface area contributed by atoms with Crippen LogP contribution in [0, 0.1) is 5.92 Å². The van der Waals surface area contributed by atoms with Crippen LogP contribution in [-0.2, 0) is 14.4 Å². The summed E-state index contributed by atoms with van der Waals surface area (Å²) in [4.78, 5) is 35.8. The molecule has 0 bridgehead atoms. The van der Waals surface area contributed by atoms with Crippen molar-refractivity contribution >= 4 is 17.6 Å². The molecule has 0 radical (unpaired) electrons. The smallest absolute Gasteiger partial charge is 0.249 e. The predicted octanol–water partition coefficient (Wildman–Crippen LogP) is -1.17. The van der Waals surface area contributed by atoms with Gasteiger partial charge in [0.05, 0.1) is 12.1 Å². The average molecular weight is 343 g/mol. The van der Waals surface area contributed by atoms with Crippen LogP contribution < -0.4 is 16.4 Å². The van der Waals surface area contributed by atoms with Gasteiger partial charge in [0.1, 0.15) is 12.1 Å². The molecule has 0 aliphatic heterocycles. The van der Waals surface area contributed by atoms with E-state index in [1.54, 1.807) is 0 Å². The summed E-state index contributed by atoms with van der Waals surface area (Å²) in [5, 5.41) is 24.7. The maximum atomic E-state index is 12.2. The molecule has 0 heterocycles. The molecule has 0 spiro atoms. The van der Waals surface area contributed by atoms with Gasteiger partial charge in [-0.3, -0.25) is 14.4 Å². The summed E-state index contributed by atoms with van der Waals surface area (Å²) in [7, 11) is 0. The van der Waals surface area contributed by atoms with Gasteiger partial charge in [-0.2, -0.15) is 0 Å². The average Bonchev–Trinajstić information content (AvgIpc) is 2.56. The molecule has 8 heteroatoms. The molecule has 0 saturated heterocycles. The fourth-order valence-electron chi connectivity index (χ4n) is 2.90. The second-order valence-electron chi connectivity index (χ2n) is 6.48. The van der Waals surface area contributed by atoms with Crippen LogP contribution in [0.25, 0.3) is 0 Å². The number of hydrogen-bond donors (Lipinski definition) is 5. The third-order valence-electron chi connectivity index (χ3n) is 4.47. The quantitative estimate of drug-likeness (QED) is 0.376. The van der Waals surface area contributed by atoms with Crippen LogP contribution in [0.15, 0.2) is 0 Å². The normalized spacial score (nSPS) is 20.5. The molecule has 1 rings (SSSR count). The van der Waals surface area contributed by atoms with E-state index in [1.807, 2.05) is 0 Å². The predicted molar refractivity (Wildman–Crippen MR) is 87.9 cm³/mol. The van der Waals surface area contributed by atoms with Crippen molar-refractivity contribution in [3.63, 3.8) is 0 Å². The van der Waals surface area contributed by atoms with Crippen molar-refractivity contribution in [2.45, 2.75) is 70.2 Å². The molecule has 24 heavy (non-hydrogen) atoms. The topological polar surface area (TPSA) is 142 Å². The Labute approximate surface area is 142 Å². The van der Waals surface area contributed by atoms with Crippen molar-refractivity contribution < 1.29 is 24.6 Å². The number of aliphatic hydroxyl groups excluding tert-OH is 2. The van der Waals surface area contributed by atoms with Crippen LogP contribution in [0.4, 0.5) is 0 Å². The van der Waals surface area contributed by atoms with E-state index in [0.29, 0.717) is 0 Å². The van der Waals surface area contributed by atoms with Gasteiger partial charge in [0.25, 0.3) is 0 Å². The summed E-state index contributed by atoms with van der Waals surface area (Å²) in [5.74, 6) is -1.84. The van der Waals surface area contributed by atoms with Crippen molar-refractivity contribution in [1.82, 2.24) is 10.6 Å². The van der Waals surface area contributed by atoms with Crippen LogP contribution in [-0.4, -0.2) is 58.6 Å². The number of carbonyl (C=O) groups excluding carboxylic acids is 3. The van der Waals surface area contributed by atoms with Crippen LogP contribution in [0.2, 0.25) is 0 Å². The zero-order valence-corrected chi connectivity index (χ0v) is 14.3. The first kappa shape index (κ1) is 20.5. The molecule has 3 unspecified atom stereocenters. The summed E-state index contributed by atoms with van der Waals surface area (Å²) >= 11 is 0. The van der Waals surface area contributed by atoms with Gasteiger partial charge in [0.15, 0.2) is 5.78 Å². The first-order valence-corrected chi connectivity index (χ1v) is 8.45. The maximum absolute atomic E-state index is 12.2. The number of rotatable bonds is 8. The fourth-order valence-corrected chi connectivity index (χ4v) is 2.90. The molecule has 138 valence electrons. The minimum absolute atomic E-state index is 0.0771. The molecule has 2 amide bonds. The van der Waals surface area contributed by atoms with Gasteiger partial charge in [-0.25, -0.2) is 0 Å². The van der Waals surface area contributed by atoms with E-state index < -0.39 is 36.1 Å². The van der Waals surface area contributed by atoms with Crippen LogP contribution in [0.3, 0.4) is 0 Å². The summed E-state index contributed by atoms with van der Waals surface area (Å²) in [5.41, 5.74) is 5.42. The first-order chi connectivity index (χ1) is 11.3. The number of aliphatic hydroxyl groups is 2. The number of amides is 2. The van der Waals surface area contributed by atoms with Crippen LogP contribution in [0.1, 0.15) is 46.0 Å². The standard InChI is InChI=1S/C16H29N3O5/c1-9(20)12(8-17)18-15(23)13(10(2)21)19-16(24)14(22)11-6-4-3-5-7-11/h10-14,21-22H,3-8,17H2,1-2H3,(H,18,23)(H,19,24)/t10?,12-,13?,14?/m0/s1. The Bertz CT molecular complexity index is 449. The lowest BCUT2D eigenvalue weighted by atomic mass is 9.85. The van der Waals surface area contributed by atoms with Crippen molar-refractivity contribution in [2.24, 2.45) is 11.7 Å². The van der Waals surface area contributed by atoms with Crippen LogP contribution in [0.5, 0.6) is 0 Å². The lowest BCUT2D eigenvalue weighted by Crippen LogP contribution is -2.58. The molecule has 6 N–H and O–H groups in total. The highest BCUT2D eigenvalue weighted by Gasteiger charge is 2.33. The maximum Gasteiger partial charge on any atom is 0.249 e. The summed E-state index contributed by atoms with van der Waals surface area (Å²) in [6.45, 7) is 2.57. The molecular formula is C16H29N3O5. The molecule has 8 nitrogen and oxygen atoms in total. The highest BCUT2D eigenvalue weighted by Crippen LogP contribution is 2.26. The molecule has 1 fully saturated rings. The van der Waals surface area contributed by atoms with E-state index in [1.165, 1.54) is 13.8 Å². The molecule has 4 atom stereocenters. The Balaban J connectivity index is 2.68. The molecule has 1 aliphatic rings. The second kappa shape index (κ2) is 9.71. The highest BCUT2D eigenvalue weighted by atomic mass is 16.3. The number of carbonyl (C=O) groups is 3. The minimum atomic E-state index is -1.26. The number of nitrogens with two attached hydrogens (primary N) is 1. The van der Waals surface area contributed by atoms with Crippen LogP contribution >= 0.6 is 0 Å². The van der Waals surface area contributed by atoms with Crippen molar-refractivity contribution in [1.29, 1.82) is 0 Å². The van der Waals surface area contributed by atoms with E-state index in [9.17, 15) is 24.6 Å². The number of Topliss-reactive ketones (excluding diaryl/α,β-unsaturated/α-hetero) is 1. The van der Waals surface area contributed by atoms with Crippen molar-refractivity contribution in [2.75, 3.05) is 6.54 Å². The number of nitrogens with one attached hydrogen (secondary N) is 2. The lowest BCUT2D eigenvalue weighted by molar-refractivity contribution is -0.139. The summed E-state index contributed by atoms with van der Waals surface area (Å²) < 4.78 is 0. The molecule has 0 aromatic heterocycles. The molecular weight excluding hydrogens is 314 g/mol. The Kier molecular flexibility index (Phi) is 8.30.